The molecule has 0 spiro atoms. The van der Waals surface area contributed by atoms with Crippen LogP contribution in [-0.2, 0) is 35.8 Å². The number of aliphatic carboxylic acids is 1. The lowest BCUT2D eigenvalue weighted by molar-refractivity contribution is -0.136. The van der Waals surface area contributed by atoms with Crippen LogP contribution in [0.2, 0.25) is 6.04 Å². The number of thiophene rings is 2. The maximum absolute atomic E-state index is 10.8. The van der Waals surface area contributed by atoms with Gasteiger partial charge in [-0.3, -0.25) is 24.7 Å². The molecule has 134 heavy (non-hydrogen) atoms. The third kappa shape index (κ3) is 37.5. The van der Waals surface area contributed by atoms with Crippen molar-refractivity contribution in [3.05, 3.63) is 293 Å². The Labute approximate surface area is 790 Å². The number of likely N-dealkylation sites (tertiary alicyclic amines) is 1. The van der Waals surface area contributed by atoms with Crippen LogP contribution in [0.4, 0.5) is 0 Å². The topological polar surface area (TPSA) is 456 Å². The minimum atomic E-state index is -2.32. The van der Waals surface area contributed by atoms with Gasteiger partial charge < -0.3 is 105 Å². The lowest BCUT2D eigenvalue weighted by Crippen LogP contribution is -2.42. The van der Waals surface area contributed by atoms with Gasteiger partial charge in [-0.05, 0) is 246 Å². The molecule has 712 valence electrons. The Morgan fingerprint density at radius 3 is 1.70 bits per heavy atom. The molecular weight excluding hydrogens is 1760 g/mol. The average Bonchev–Trinajstić information content (AvgIpc) is 1.77. The van der Waals surface area contributed by atoms with Gasteiger partial charge in [0.25, 0.3) is 0 Å². The fourth-order valence-corrected chi connectivity index (χ4v) is 16.0. The molecule has 0 radical (unpaired) electrons. The number of phenols is 5. The Balaban J connectivity index is 0.000000226. The Morgan fingerprint density at radius 1 is 0.590 bits per heavy atom. The number of phenolic OH excluding ortho intramolecular Hbond substituents is 5. The molecule has 1 saturated heterocycles. The predicted octanol–water partition coefficient (Wildman–Crippen LogP) is 18.2. The molecule has 1 atom stereocenters. The molecule has 1 aliphatic heterocycles. The molecule has 8 aromatic heterocycles. The summed E-state index contributed by atoms with van der Waals surface area (Å²) in [6, 6.07) is 70.5. The van der Waals surface area contributed by atoms with E-state index < -0.39 is 26.7 Å². The van der Waals surface area contributed by atoms with Gasteiger partial charge in [0.2, 0.25) is 5.89 Å². The number of oxazole rings is 1. The standard InChI is InChI=1S/C13H9NO2.C12H13NO2.C10H7NO2.C10H9NO.C9H7NO2.C9H7NO.C9H6O2S.C7H15NO.C6H17NO3Si.C6H6O2S.2C5H14N2/c15-11-7-3-1-5-9(11)13-14-10-6-2-4-8-12(10)16-13;1-2-15-8-9-5-6-11(14)12-10(9)4-3-7-13-12;12-10(13)8-5-1-3-7-4-2-6-11-9(7)8;1-7-4-5-8-3-2-6-11-9(8)10(7)12;11-8-4-2-1-3-7(8)9-5-6-10-12-9;11-8-5-1-3-7-4-2-6-10-9(7)8;10-9(11)8-5-6-3-1-2-4-7(6)12-8;1-8-5-2-3-7(8)4-6-9;1-8-11(9-2,10-3)6-4-5-7;7-6(8)4-5-2-1-3-9-5;1-7(2)5-3-4-6;1-6-4-3-5-7-2/h1-8,15H;3-7,14H,2,8H2,1H3;1-6H,(H,12,13);2-6,12H,1H3;1-6,11H;1-6,11H;1-5H,(H,10,11);7,9H,2-6H2,1H3;4-7H2,1-3H3;1-3H,4H2,(H,7,8);3-6H2,1-2H3;6-7H,3-5H2,1-2H3. The van der Waals surface area contributed by atoms with Crippen LogP contribution in [0.15, 0.2) is 276 Å². The molecule has 15 N–H and O–H groups in total. The van der Waals surface area contributed by atoms with Crippen molar-refractivity contribution in [1.29, 1.82) is 0 Å². The van der Waals surface area contributed by atoms with Crippen LogP contribution in [0.25, 0.3) is 87.6 Å². The molecule has 0 aliphatic carbocycles. The van der Waals surface area contributed by atoms with Crippen molar-refractivity contribution in [3.63, 3.8) is 0 Å². The van der Waals surface area contributed by atoms with Crippen LogP contribution in [0.3, 0.4) is 0 Å². The second-order valence-corrected chi connectivity index (χ2v) is 34.8. The summed E-state index contributed by atoms with van der Waals surface area (Å²) in [6.45, 7) is 11.4. The number of fused-ring (bicyclic) bond motifs is 6. The van der Waals surface area contributed by atoms with Crippen LogP contribution < -0.4 is 22.1 Å². The van der Waals surface area contributed by atoms with Crippen molar-refractivity contribution < 1.29 is 87.3 Å². The summed E-state index contributed by atoms with van der Waals surface area (Å²) in [5.74, 6) is -0.421. The highest BCUT2D eigenvalue weighted by atomic mass is 32.1. The number of aryl methyl sites for hydroxylation is 1. The van der Waals surface area contributed by atoms with Gasteiger partial charge in [0.15, 0.2) is 11.3 Å². The van der Waals surface area contributed by atoms with Crippen LogP contribution in [-0.4, -0.2) is 228 Å². The Kier molecular flexibility index (Phi) is 50.4. The van der Waals surface area contributed by atoms with E-state index in [1.165, 1.54) is 48.5 Å². The van der Waals surface area contributed by atoms with Gasteiger partial charge >= 0.3 is 26.7 Å². The minimum absolute atomic E-state index is 0.150. The number of nitrogens with two attached hydrogens (primary N) is 2. The third-order valence-corrected chi connectivity index (χ3v) is 24.5. The first-order chi connectivity index (χ1) is 64.8. The summed E-state index contributed by atoms with van der Waals surface area (Å²) in [5.41, 5.74) is 18.1. The number of hydrogen-bond acceptors (Lipinski definition) is 29. The molecule has 1 aliphatic rings. The van der Waals surface area contributed by atoms with E-state index in [1.807, 2.05) is 179 Å². The molecule has 0 amide bonds. The highest BCUT2D eigenvalue weighted by Gasteiger charge is 2.36. The van der Waals surface area contributed by atoms with Gasteiger partial charge in [0.05, 0.1) is 41.4 Å². The number of pyridine rings is 4. The van der Waals surface area contributed by atoms with Crippen molar-refractivity contribution in [2.45, 2.75) is 77.5 Å². The van der Waals surface area contributed by atoms with E-state index in [0.29, 0.717) is 82.1 Å². The Hall–Kier alpha value is -13.1. The van der Waals surface area contributed by atoms with Crippen molar-refractivity contribution in [3.8, 4) is 51.5 Å². The SMILES string of the molecule is CCOCc1ccc(O)c2ncccc12.CN(C)CCCN.CN1CCCC1CCO.CNCCCNC.CO[Si](CCCN)(OC)OC.Cc1ccc2cccnc2c1O.O=C(O)Cc1cccs1.O=C(O)c1cc2ccccc2s1.O=C(O)c1cccc2cccnc12.Oc1cccc2cccnc12.Oc1ccccc1-c1ccno1.Oc1ccccc1-c1nc2ccccc2o1. The van der Waals surface area contributed by atoms with E-state index >= 15 is 0 Å². The zero-order chi connectivity index (χ0) is 97.4. The number of benzene rings is 8. The largest absolute Gasteiger partial charge is 0.507 e. The summed E-state index contributed by atoms with van der Waals surface area (Å²) < 4.78 is 32.4. The van der Waals surface area contributed by atoms with E-state index in [2.05, 4.69) is 71.7 Å². The number of carboxylic acids is 3. The van der Waals surface area contributed by atoms with Gasteiger partial charge in [-0.2, -0.15) is 0 Å². The number of rotatable bonds is 24. The molecule has 30 nitrogen and oxygen atoms in total. The van der Waals surface area contributed by atoms with Crippen LogP contribution in [0.5, 0.6) is 28.7 Å². The second-order valence-electron chi connectivity index (χ2n) is 29.6. The number of hydrogen-bond donors (Lipinski definition) is 13. The van der Waals surface area contributed by atoms with E-state index in [1.54, 1.807) is 137 Å². The number of aliphatic hydroxyl groups is 1. The Bertz CT molecular complexity index is 5960. The maximum Gasteiger partial charge on any atom is 0.500 e. The molecule has 0 saturated carbocycles. The van der Waals surface area contributed by atoms with Crippen molar-refractivity contribution >= 4 is 114 Å². The Morgan fingerprint density at radius 2 is 1.16 bits per heavy atom. The maximum atomic E-state index is 10.8. The summed E-state index contributed by atoms with van der Waals surface area (Å²) >= 11 is 2.78. The normalized spacial score (nSPS) is 11.7. The smallest absolute Gasteiger partial charge is 0.500 e. The number of aliphatic hydroxyl groups excluding tert-OH is 1. The quantitative estimate of drug-likeness (QED) is 0.0197. The lowest BCUT2D eigenvalue weighted by Gasteiger charge is -2.23. The monoisotopic (exact) mass is 1880 g/mol. The molecule has 9 heterocycles. The second kappa shape index (κ2) is 61.6. The summed E-state index contributed by atoms with van der Waals surface area (Å²) in [7, 11) is 12.7. The number of carboxylic acid groups (broad SMARTS) is 3. The first kappa shape index (κ1) is 110. The van der Waals surface area contributed by atoms with Gasteiger partial charge in [-0.1, -0.05) is 133 Å². The molecule has 17 rings (SSSR count). The van der Waals surface area contributed by atoms with Gasteiger partial charge in [0.1, 0.15) is 55.7 Å². The molecule has 0 bridgehead atoms. The average molecular weight is 1890 g/mol. The van der Waals surface area contributed by atoms with Crippen molar-refractivity contribution in [1.82, 2.24) is 50.5 Å². The molecule has 16 aromatic rings. The number of para-hydroxylation sites is 6. The number of aromatic hydroxyl groups is 5. The number of carbonyl (C=O) groups is 3. The zero-order valence-corrected chi connectivity index (χ0v) is 79.9. The first-order valence-corrected chi connectivity index (χ1v) is 46.8. The highest BCUT2D eigenvalue weighted by molar-refractivity contribution is 7.20. The number of aromatic carboxylic acids is 2. The fraction of sp³-hybridized carbons (Fsp3) is 0.277. The van der Waals surface area contributed by atoms with Gasteiger partial charge in [-0.25, -0.2) is 14.6 Å². The highest BCUT2D eigenvalue weighted by Crippen LogP contribution is 2.33. The minimum Gasteiger partial charge on any atom is -0.507 e. The number of nitrogens with zero attached hydrogens (tertiary/aromatic N) is 8. The zero-order valence-electron chi connectivity index (χ0n) is 77.2. The molecule has 8 aromatic carbocycles. The van der Waals surface area contributed by atoms with Crippen molar-refractivity contribution in [2.75, 3.05) is 109 Å². The van der Waals surface area contributed by atoms with Crippen LogP contribution in [0, 0.1) is 6.92 Å². The molecule has 1 unspecified atom stereocenters. The predicted molar refractivity (Wildman–Crippen MR) is 535 cm³/mol. The van der Waals surface area contributed by atoms with E-state index in [-0.39, 0.29) is 40.7 Å². The summed E-state index contributed by atoms with van der Waals surface area (Å²) in [5, 5.41) is 98.3. The van der Waals surface area contributed by atoms with E-state index in [4.69, 9.17) is 58.8 Å². The molecular formula is C101H124N12O18S2Si. The van der Waals surface area contributed by atoms with E-state index in [0.717, 1.165) is 110 Å². The first-order valence-electron chi connectivity index (χ1n) is 43.2. The molecule has 33 heteroatoms. The fourth-order valence-electron chi connectivity index (χ4n) is 12.7. The third-order valence-electron chi connectivity index (χ3n) is 19.7. The van der Waals surface area contributed by atoms with Crippen LogP contribution in [0.1, 0.15) is 81.5 Å². The van der Waals surface area contributed by atoms with Crippen LogP contribution >= 0.6 is 22.7 Å². The van der Waals surface area contributed by atoms with Gasteiger partial charge in [0, 0.05) is 109 Å². The van der Waals surface area contributed by atoms with E-state index in [9.17, 15) is 39.9 Å². The number of ether oxygens (including phenoxy) is 1. The summed E-state index contributed by atoms with van der Waals surface area (Å²) in [4.78, 5) is 57.8. The van der Waals surface area contributed by atoms with Gasteiger partial charge in [-0.15, -0.1) is 22.7 Å². The lowest BCUT2D eigenvalue weighted by atomic mass is 10.1. The number of nitrogens with one attached hydrogen (secondary N) is 2. The molecule has 1 fully saturated rings. The summed E-state index contributed by atoms with van der Waals surface area (Å²) in [6.07, 6.45) is 15.0. The number of aromatic nitrogens is 6. The van der Waals surface area contributed by atoms with Crippen molar-refractivity contribution in [2.24, 2.45) is 11.5 Å².